The van der Waals surface area contributed by atoms with E-state index in [-0.39, 0.29) is 16.8 Å². The van der Waals surface area contributed by atoms with E-state index >= 15 is 0 Å². The molecule has 0 aliphatic heterocycles. The summed E-state index contributed by atoms with van der Waals surface area (Å²) in [5, 5.41) is 6.79. The molecule has 1 aliphatic rings. The van der Waals surface area contributed by atoms with Gasteiger partial charge in [-0.05, 0) is 51.3 Å². The van der Waals surface area contributed by atoms with Gasteiger partial charge in [0, 0.05) is 24.5 Å². The Labute approximate surface area is 127 Å². The minimum absolute atomic E-state index is 0.0233. The zero-order valence-corrected chi connectivity index (χ0v) is 13.5. The van der Waals surface area contributed by atoms with Crippen molar-refractivity contribution in [1.29, 1.82) is 0 Å². The number of hydrogen-bond donors (Lipinski definition) is 2. The Kier molecular flexibility index (Phi) is 4.55. The standard InChI is InChI=1S/C17H26FN3/c1-16(2,3)21-15(19-4)20-12-17(10-5-11-17)13-6-8-14(18)9-7-13/h6-9H,5,10-12H2,1-4H3,(H2,19,20,21). The van der Waals surface area contributed by atoms with Gasteiger partial charge in [-0.1, -0.05) is 18.6 Å². The predicted molar refractivity (Wildman–Crippen MR) is 86.2 cm³/mol. The van der Waals surface area contributed by atoms with Crippen molar-refractivity contribution in [3.05, 3.63) is 35.6 Å². The predicted octanol–water partition coefficient (Wildman–Crippen LogP) is 3.21. The first-order chi connectivity index (χ1) is 9.85. The molecule has 0 amide bonds. The molecular weight excluding hydrogens is 265 g/mol. The minimum atomic E-state index is -0.175. The molecule has 1 saturated carbocycles. The lowest BCUT2D eigenvalue weighted by Crippen LogP contribution is -2.52. The van der Waals surface area contributed by atoms with E-state index in [4.69, 9.17) is 0 Å². The fourth-order valence-corrected chi connectivity index (χ4v) is 2.76. The van der Waals surface area contributed by atoms with Crippen LogP contribution in [0.2, 0.25) is 0 Å². The van der Waals surface area contributed by atoms with Gasteiger partial charge < -0.3 is 10.6 Å². The van der Waals surface area contributed by atoms with Crippen LogP contribution in [-0.4, -0.2) is 25.1 Å². The summed E-state index contributed by atoms with van der Waals surface area (Å²) in [5.41, 5.74) is 1.31. The Hall–Kier alpha value is -1.58. The van der Waals surface area contributed by atoms with Crippen molar-refractivity contribution in [2.75, 3.05) is 13.6 Å². The third-order valence-corrected chi connectivity index (χ3v) is 4.08. The van der Waals surface area contributed by atoms with Gasteiger partial charge in [-0.3, -0.25) is 4.99 Å². The molecule has 1 aliphatic carbocycles. The summed E-state index contributed by atoms with van der Waals surface area (Å²) < 4.78 is 13.1. The molecule has 21 heavy (non-hydrogen) atoms. The molecule has 0 spiro atoms. The Morgan fingerprint density at radius 2 is 1.86 bits per heavy atom. The highest BCUT2D eigenvalue weighted by Crippen LogP contribution is 2.43. The summed E-state index contributed by atoms with van der Waals surface area (Å²) in [4.78, 5) is 4.28. The largest absolute Gasteiger partial charge is 0.356 e. The van der Waals surface area contributed by atoms with Crippen LogP contribution in [0, 0.1) is 5.82 Å². The van der Waals surface area contributed by atoms with Gasteiger partial charge in [-0.25, -0.2) is 4.39 Å². The summed E-state index contributed by atoms with van der Waals surface area (Å²) in [7, 11) is 1.78. The Morgan fingerprint density at radius 1 is 1.24 bits per heavy atom. The second-order valence-corrected chi connectivity index (χ2v) is 6.94. The van der Waals surface area contributed by atoms with Crippen molar-refractivity contribution in [3.63, 3.8) is 0 Å². The summed E-state index contributed by atoms with van der Waals surface area (Å²) in [5.74, 6) is 0.641. The summed E-state index contributed by atoms with van der Waals surface area (Å²) in [6.45, 7) is 7.16. The van der Waals surface area contributed by atoms with E-state index in [1.807, 2.05) is 12.1 Å². The van der Waals surface area contributed by atoms with Crippen molar-refractivity contribution in [3.8, 4) is 0 Å². The quantitative estimate of drug-likeness (QED) is 0.663. The molecule has 0 saturated heterocycles. The number of aliphatic imine (C=N–C) groups is 1. The van der Waals surface area contributed by atoms with E-state index in [0.717, 1.165) is 25.3 Å². The highest BCUT2D eigenvalue weighted by Gasteiger charge is 2.38. The zero-order valence-electron chi connectivity index (χ0n) is 13.5. The molecule has 0 unspecified atom stereocenters. The second-order valence-electron chi connectivity index (χ2n) is 6.94. The van der Waals surface area contributed by atoms with Crippen LogP contribution in [0.3, 0.4) is 0 Å². The Balaban J connectivity index is 2.04. The number of nitrogens with one attached hydrogen (secondary N) is 2. The lowest BCUT2D eigenvalue weighted by Gasteiger charge is -2.43. The Bertz CT molecular complexity index is 496. The number of benzene rings is 1. The van der Waals surface area contributed by atoms with Crippen molar-refractivity contribution < 1.29 is 4.39 Å². The molecule has 0 atom stereocenters. The number of nitrogens with zero attached hydrogens (tertiary/aromatic N) is 1. The third-order valence-electron chi connectivity index (χ3n) is 4.08. The van der Waals surface area contributed by atoms with Crippen LogP contribution < -0.4 is 10.6 Å². The van der Waals surface area contributed by atoms with Gasteiger partial charge in [0.15, 0.2) is 5.96 Å². The average Bonchev–Trinajstić information content (AvgIpc) is 2.36. The van der Waals surface area contributed by atoms with Crippen molar-refractivity contribution in [2.24, 2.45) is 4.99 Å². The van der Waals surface area contributed by atoms with Crippen molar-refractivity contribution >= 4 is 5.96 Å². The maximum atomic E-state index is 13.1. The van der Waals surface area contributed by atoms with E-state index in [9.17, 15) is 4.39 Å². The normalized spacial score (nSPS) is 18.0. The van der Waals surface area contributed by atoms with Crippen LogP contribution in [-0.2, 0) is 5.41 Å². The number of rotatable bonds is 3. The smallest absolute Gasteiger partial charge is 0.191 e. The monoisotopic (exact) mass is 291 g/mol. The van der Waals surface area contributed by atoms with Gasteiger partial charge in [0.2, 0.25) is 0 Å². The van der Waals surface area contributed by atoms with Crippen molar-refractivity contribution in [1.82, 2.24) is 10.6 Å². The highest BCUT2D eigenvalue weighted by atomic mass is 19.1. The van der Waals surface area contributed by atoms with E-state index < -0.39 is 0 Å². The molecule has 1 aromatic rings. The molecule has 1 fully saturated rings. The summed E-state index contributed by atoms with van der Waals surface area (Å²) in [6.07, 6.45) is 3.50. The lowest BCUT2D eigenvalue weighted by atomic mass is 9.64. The molecule has 3 nitrogen and oxygen atoms in total. The van der Waals surface area contributed by atoms with Gasteiger partial charge in [0.25, 0.3) is 0 Å². The molecule has 2 N–H and O–H groups in total. The van der Waals surface area contributed by atoms with Gasteiger partial charge in [-0.2, -0.15) is 0 Å². The van der Waals surface area contributed by atoms with Crippen molar-refractivity contribution in [2.45, 2.75) is 51.0 Å². The Morgan fingerprint density at radius 3 is 2.29 bits per heavy atom. The summed E-state index contributed by atoms with van der Waals surface area (Å²) in [6, 6.07) is 6.93. The average molecular weight is 291 g/mol. The fourth-order valence-electron chi connectivity index (χ4n) is 2.76. The van der Waals surface area contributed by atoms with E-state index in [1.165, 1.54) is 12.0 Å². The van der Waals surface area contributed by atoms with Crippen LogP contribution >= 0.6 is 0 Å². The van der Waals surface area contributed by atoms with Gasteiger partial charge in [0.1, 0.15) is 5.82 Å². The number of hydrogen-bond acceptors (Lipinski definition) is 1. The van der Waals surface area contributed by atoms with E-state index in [2.05, 4.69) is 36.4 Å². The van der Waals surface area contributed by atoms with E-state index in [0.29, 0.717) is 0 Å². The van der Waals surface area contributed by atoms with Gasteiger partial charge in [0.05, 0.1) is 0 Å². The number of halogens is 1. The van der Waals surface area contributed by atoms with Crippen LogP contribution in [0.5, 0.6) is 0 Å². The first kappa shape index (κ1) is 15.8. The van der Waals surface area contributed by atoms with Gasteiger partial charge >= 0.3 is 0 Å². The SMILES string of the molecule is CN=C(NCC1(c2ccc(F)cc2)CCC1)NC(C)(C)C. The third kappa shape index (κ3) is 3.96. The molecule has 116 valence electrons. The molecule has 2 rings (SSSR count). The molecule has 0 heterocycles. The minimum Gasteiger partial charge on any atom is -0.356 e. The lowest BCUT2D eigenvalue weighted by molar-refractivity contribution is 0.243. The van der Waals surface area contributed by atoms with E-state index in [1.54, 1.807) is 19.2 Å². The topological polar surface area (TPSA) is 36.4 Å². The van der Waals surface area contributed by atoms with Gasteiger partial charge in [-0.15, -0.1) is 0 Å². The zero-order chi connectivity index (χ0) is 15.5. The number of guanidine groups is 1. The maximum absolute atomic E-state index is 13.1. The first-order valence-corrected chi connectivity index (χ1v) is 7.60. The maximum Gasteiger partial charge on any atom is 0.191 e. The fraction of sp³-hybridized carbons (Fsp3) is 0.588. The van der Waals surface area contributed by atoms with Crippen LogP contribution in [0.25, 0.3) is 0 Å². The first-order valence-electron chi connectivity index (χ1n) is 7.60. The molecule has 0 aromatic heterocycles. The van der Waals surface area contributed by atoms with Crippen LogP contribution in [0.4, 0.5) is 4.39 Å². The van der Waals surface area contributed by atoms with Crippen LogP contribution in [0.1, 0.15) is 45.6 Å². The van der Waals surface area contributed by atoms with Crippen LogP contribution in [0.15, 0.2) is 29.3 Å². The summed E-state index contributed by atoms with van der Waals surface area (Å²) >= 11 is 0. The molecule has 0 bridgehead atoms. The molecule has 4 heteroatoms. The highest BCUT2D eigenvalue weighted by molar-refractivity contribution is 5.80. The molecular formula is C17H26FN3. The second kappa shape index (κ2) is 6.04. The molecule has 1 aromatic carbocycles. The molecule has 0 radical (unpaired) electrons.